The Balaban J connectivity index is 2.43. The van der Waals surface area contributed by atoms with E-state index in [9.17, 15) is 8.42 Å². The van der Waals surface area contributed by atoms with Gasteiger partial charge in [0.2, 0.25) is 10.0 Å². The third kappa shape index (κ3) is 2.61. The average Bonchev–Trinajstić information content (AvgIpc) is 2.34. The number of thioether (sulfide) groups is 1. The minimum atomic E-state index is -3.52. The zero-order valence-corrected chi connectivity index (χ0v) is 12.4. The van der Waals surface area contributed by atoms with Gasteiger partial charge in [0.05, 0.1) is 5.02 Å². The summed E-state index contributed by atoms with van der Waals surface area (Å²) in [4.78, 5) is 0.110. The molecule has 7 heteroatoms. The number of hydrogen-bond donors (Lipinski definition) is 1. The maximum atomic E-state index is 12.4. The van der Waals surface area contributed by atoms with Crippen molar-refractivity contribution in [3.05, 3.63) is 22.7 Å². The van der Waals surface area contributed by atoms with Crippen LogP contribution in [0.25, 0.3) is 0 Å². The summed E-state index contributed by atoms with van der Waals surface area (Å²) in [5, 5.41) is 0.236. The van der Waals surface area contributed by atoms with Crippen LogP contribution in [-0.2, 0) is 10.0 Å². The summed E-state index contributed by atoms with van der Waals surface area (Å²) in [7, 11) is -3.52. The number of nitrogens with zero attached hydrogens (tertiary/aromatic N) is 1. The molecule has 4 nitrogen and oxygen atoms in total. The van der Waals surface area contributed by atoms with E-state index >= 15 is 0 Å². The number of sulfonamides is 1. The van der Waals surface area contributed by atoms with Crippen molar-refractivity contribution in [3.63, 3.8) is 0 Å². The first-order chi connectivity index (χ1) is 8.43. The molecule has 0 spiro atoms. The third-order valence-electron chi connectivity index (χ3n) is 2.91. The van der Waals surface area contributed by atoms with E-state index in [2.05, 4.69) is 0 Å². The first-order valence-corrected chi connectivity index (χ1v) is 8.53. The van der Waals surface area contributed by atoms with Gasteiger partial charge in [0.25, 0.3) is 0 Å². The Morgan fingerprint density at radius 2 is 1.94 bits per heavy atom. The van der Waals surface area contributed by atoms with E-state index in [4.69, 9.17) is 17.3 Å². The second kappa shape index (κ2) is 5.28. The van der Waals surface area contributed by atoms with E-state index in [1.807, 2.05) is 0 Å². The van der Waals surface area contributed by atoms with Crippen molar-refractivity contribution in [2.24, 2.45) is 0 Å². The van der Waals surface area contributed by atoms with Crippen molar-refractivity contribution < 1.29 is 8.42 Å². The number of nitrogen functional groups attached to an aromatic ring is 1. The molecule has 18 heavy (non-hydrogen) atoms. The number of benzene rings is 1. The van der Waals surface area contributed by atoms with Gasteiger partial charge >= 0.3 is 0 Å². The first kappa shape index (κ1) is 14.0. The van der Waals surface area contributed by atoms with Gasteiger partial charge in [-0.3, -0.25) is 0 Å². The van der Waals surface area contributed by atoms with Crippen LogP contribution >= 0.6 is 23.4 Å². The lowest BCUT2D eigenvalue weighted by Crippen LogP contribution is -2.38. The monoisotopic (exact) mass is 306 g/mol. The van der Waals surface area contributed by atoms with Gasteiger partial charge in [-0.15, -0.1) is 0 Å². The Labute approximate surface area is 117 Å². The number of rotatable bonds is 2. The normalized spacial score (nSPS) is 17.9. The first-order valence-electron chi connectivity index (χ1n) is 5.56. The number of halogens is 1. The molecule has 0 atom stereocenters. The molecule has 1 aromatic carbocycles. The Morgan fingerprint density at radius 3 is 2.56 bits per heavy atom. The van der Waals surface area contributed by atoms with Gasteiger partial charge in [0.1, 0.15) is 4.90 Å². The van der Waals surface area contributed by atoms with E-state index in [1.165, 1.54) is 10.4 Å². The summed E-state index contributed by atoms with van der Waals surface area (Å²) < 4.78 is 26.4. The molecule has 0 radical (unpaired) electrons. The Bertz CT molecular complexity index is 554. The molecule has 0 unspecified atom stereocenters. The Kier molecular flexibility index (Phi) is 4.11. The van der Waals surface area contributed by atoms with Crippen LogP contribution in [-0.4, -0.2) is 37.3 Å². The summed E-state index contributed by atoms with van der Waals surface area (Å²) >= 11 is 7.79. The van der Waals surface area contributed by atoms with E-state index in [0.717, 1.165) is 17.1 Å². The van der Waals surface area contributed by atoms with Crippen molar-refractivity contribution in [3.8, 4) is 0 Å². The summed E-state index contributed by atoms with van der Waals surface area (Å²) in [5.41, 5.74) is 7.00. The molecule has 100 valence electrons. The molecule has 2 rings (SSSR count). The topological polar surface area (TPSA) is 63.4 Å². The highest BCUT2D eigenvalue weighted by Gasteiger charge is 2.28. The van der Waals surface area contributed by atoms with Gasteiger partial charge in [0, 0.05) is 30.3 Å². The van der Waals surface area contributed by atoms with Crippen LogP contribution in [0.1, 0.15) is 5.56 Å². The van der Waals surface area contributed by atoms with Crippen LogP contribution in [0.3, 0.4) is 0 Å². The van der Waals surface area contributed by atoms with Gasteiger partial charge in [0.15, 0.2) is 0 Å². The predicted molar refractivity (Wildman–Crippen MR) is 76.7 cm³/mol. The summed E-state index contributed by atoms with van der Waals surface area (Å²) in [5.74, 6) is 1.64. The fourth-order valence-electron chi connectivity index (χ4n) is 1.79. The molecule has 1 saturated heterocycles. The molecule has 0 aliphatic carbocycles. The molecular weight excluding hydrogens is 292 g/mol. The van der Waals surface area contributed by atoms with Gasteiger partial charge < -0.3 is 5.73 Å². The average molecular weight is 307 g/mol. The maximum Gasteiger partial charge on any atom is 0.244 e. The van der Waals surface area contributed by atoms with Crippen LogP contribution < -0.4 is 5.73 Å². The fourth-order valence-corrected chi connectivity index (χ4v) is 4.96. The van der Waals surface area contributed by atoms with Gasteiger partial charge in [-0.25, -0.2) is 8.42 Å². The number of hydrogen-bond acceptors (Lipinski definition) is 4. The lowest BCUT2D eigenvalue weighted by molar-refractivity contribution is 0.443. The highest BCUT2D eigenvalue weighted by Crippen LogP contribution is 2.30. The van der Waals surface area contributed by atoms with Crippen LogP contribution in [0.2, 0.25) is 5.02 Å². The number of nitrogens with two attached hydrogens (primary N) is 1. The second-order valence-electron chi connectivity index (χ2n) is 4.16. The molecule has 0 bridgehead atoms. The Morgan fingerprint density at radius 1 is 1.33 bits per heavy atom. The Hall–Kier alpha value is -0.430. The third-order valence-corrected chi connectivity index (χ3v) is 6.21. The van der Waals surface area contributed by atoms with Crippen LogP contribution in [0.15, 0.2) is 17.0 Å². The zero-order chi connectivity index (χ0) is 13.3. The van der Waals surface area contributed by atoms with Crippen LogP contribution in [0.4, 0.5) is 5.69 Å². The summed E-state index contributed by atoms with van der Waals surface area (Å²) in [6.07, 6.45) is 0. The van der Waals surface area contributed by atoms with E-state index in [-0.39, 0.29) is 9.92 Å². The molecule has 0 amide bonds. The predicted octanol–water partition coefficient (Wildman–Crippen LogP) is 1.97. The molecule has 0 saturated carbocycles. The minimum absolute atomic E-state index is 0.110. The SMILES string of the molecule is Cc1cc(Cl)c(S(=O)(=O)N2CCSCC2)cc1N. The lowest BCUT2D eigenvalue weighted by Gasteiger charge is -2.26. The highest BCUT2D eigenvalue weighted by atomic mass is 35.5. The van der Waals surface area contributed by atoms with E-state index in [1.54, 1.807) is 24.8 Å². The molecule has 1 heterocycles. The van der Waals surface area contributed by atoms with Gasteiger partial charge in [-0.05, 0) is 24.6 Å². The summed E-state index contributed by atoms with van der Waals surface area (Å²) in [6, 6.07) is 3.05. The minimum Gasteiger partial charge on any atom is -0.398 e. The van der Waals surface area contributed by atoms with Crippen molar-refractivity contribution in [1.29, 1.82) is 0 Å². The summed E-state index contributed by atoms with van der Waals surface area (Å²) in [6.45, 7) is 2.85. The molecule has 1 aromatic rings. The van der Waals surface area contributed by atoms with E-state index < -0.39 is 10.0 Å². The molecule has 1 aliphatic heterocycles. The number of anilines is 1. The van der Waals surface area contributed by atoms with Crippen molar-refractivity contribution >= 4 is 39.1 Å². The van der Waals surface area contributed by atoms with Crippen molar-refractivity contribution in [2.45, 2.75) is 11.8 Å². The smallest absolute Gasteiger partial charge is 0.244 e. The quantitative estimate of drug-likeness (QED) is 0.849. The largest absolute Gasteiger partial charge is 0.398 e. The zero-order valence-electron chi connectivity index (χ0n) is 10.0. The standard InChI is InChI=1S/C11H15ClN2O2S2/c1-8-6-9(12)11(7-10(8)13)18(15,16)14-2-4-17-5-3-14/h6-7H,2-5,13H2,1H3. The fraction of sp³-hybridized carbons (Fsp3) is 0.455. The highest BCUT2D eigenvalue weighted by molar-refractivity contribution is 7.99. The van der Waals surface area contributed by atoms with Gasteiger partial charge in [-0.2, -0.15) is 16.1 Å². The second-order valence-corrected chi connectivity index (χ2v) is 7.69. The molecule has 1 fully saturated rings. The van der Waals surface area contributed by atoms with Crippen LogP contribution in [0, 0.1) is 6.92 Å². The van der Waals surface area contributed by atoms with Crippen molar-refractivity contribution in [2.75, 3.05) is 30.3 Å². The lowest BCUT2D eigenvalue weighted by atomic mass is 10.2. The van der Waals surface area contributed by atoms with Crippen LogP contribution in [0.5, 0.6) is 0 Å². The molecular formula is C11H15ClN2O2S2. The number of aryl methyl sites for hydroxylation is 1. The molecule has 0 aromatic heterocycles. The van der Waals surface area contributed by atoms with E-state index in [0.29, 0.717) is 18.8 Å². The van der Waals surface area contributed by atoms with Crippen molar-refractivity contribution in [1.82, 2.24) is 4.31 Å². The maximum absolute atomic E-state index is 12.4. The van der Waals surface area contributed by atoms with Gasteiger partial charge in [-0.1, -0.05) is 11.6 Å². The molecule has 1 aliphatic rings. The molecule has 2 N–H and O–H groups in total.